The largest absolute Gasteiger partial charge is 0.314 e. The number of para-hydroxylation sites is 1. The Balaban J connectivity index is 2.55. The van der Waals surface area contributed by atoms with E-state index in [-0.39, 0.29) is 11.6 Å². The third-order valence-electron chi connectivity index (χ3n) is 2.10. The van der Waals surface area contributed by atoms with Crippen molar-refractivity contribution in [3.8, 4) is 0 Å². The van der Waals surface area contributed by atoms with Crippen LogP contribution in [0.4, 0.5) is 0 Å². The molecule has 0 fully saturated rings. The molecular weight excluding hydrogens is 226 g/mol. The second kappa shape index (κ2) is 4.19. The average Bonchev–Trinajstić information content (AvgIpc) is 2.28. The van der Waals surface area contributed by atoms with Crippen molar-refractivity contribution < 1.29 is 12.6 Å². The summed E-state index contributed by atoms with van der Waals surface area (Å²) < 4.78 is 27.9. The lowest BCUT2D eigenvalue weighted by Gasteiger charge is -2.03. The van der Waals surface area contributed by atoms with E-state index < -0.39 is 10.1 Å². The molecule has 0 saturated heterocycles. The molecule has 0 atom stereocenters. The zero-order valence-corrected chi connectivity index (χ0v) is 9.57. The van der Waals surface area contributed by atoms with E-state index in [1.165, 1.54) is 6.07 Å². The summed E-state index contributed by atoms with van der Waals surface area (Å²) in [5.74, 6) is 0. The van der Waals surface area contributed by atoms with Crippen LogP contribution < -0.4 is 0 Å². The highest BCUT2D eigenvalue weighted by Gasteiger charge is 2.15. The molecule has 2 aromatic rings. The second-order valence-electron chi connectivity index (χ2n) is 3.20. The van der Waals surface area contributed by atoms with Crippen LogP contribution in [-0.2, 0) is 14.3 Å². The van der Waals surface area contributed by atoms with Crippen molar-refractivity contribution in [2.24, 2.45) is 0 Å². The van der Waals surface area contributed by atoms with Crippen LogP contribution in [0.2, 0.25) is 0 Å². The lowest BCUT2D eigenvalue weighted by Crippen LogP contribution is -2.07. The van der Waals surface area contributed by atoms with Gasteiger partial charge < -0.3 is 0 Å². The van der Waals surface area contributed by atoms with E-state index in [4.69, 9.17) is 0 Å². The van der Waals surface area contributed by atoms with Crippen molar-refractivity contribution in [1.29, 1.82) is 0 Å². The number of hydrogen-bond donors (Lipinski definition) is 0. The van der Waals surface area contributed by atoms with Crippen molar-refractivity contribution in [1.82, 2.24) is 4.98 Å². The Labute approximate surface area is 94.0 Å². The molecule has 5 heteroatoms. The third kappa shape index (κ3) is 2.05. The maximum Gasteiger partial charge on any atom is 0.314 e. The van der Waals surface area contributed by atoms with Gasteiger partial charge in [0.2, 0.25) is 0 Å². The molecule has 0 N–H and O–H groups in total. The van der Waals surface area contributed by atoms with Gasteiger partial charge in [0.1, 0.15) is 0 Å². The van der Waals surface area contributed by atoms with E-state index in [0.29, 0.717) is 5.52 Å². The Bertz CT molecular complexity index is 607. The highest BCUT2D eigenvalue weighted by molar-refractivity contribution is 7.86. The zero-order valence-electron chi connectivity index (χ0n) is 8.75. The third-order valence-corrected chi connectivity index (χ3v) is 3.39. The van der Waals surface area contributed by atoms with Crippen LogP contribution in [-0.4, -0.2) is 20.0 Å². The monoisotopic (exact) mass is 237 g/mol. The van der Waals surface area contributed by atoms with Gasteiger partial charge in [0.25, 0.3) is 0 Å². The molecule has 0 aliphatic carbocycles. The maximum atomic E-state index is 11.6. The minimum Gasteiger partial charge on any atom is -0.265 e. The average molecular weight is 237 g/mol. The van der Waals surface area contributed by atoms with Crippen LogP contribution in [0, 0.1) is 0 Å². The fourth-order valence-corrected chi connectivity index (χ4v) is 2.28. The molecule has 16 heavy (non-hydrogen) atoms. The summed E-state index contributed by atoms with van der Waals surface area (Å²) in [6, 6.07) is 10.5. The topological polar surface area (TPSA) is 56.3 Å². The first kappa shape index (κ1) is 11.0. The molecule has 0 bridgehead atoms. The molecule has 0 saturated carbocycles. The highest BCUT2D eigenvalue weighted by Crippen LogP contribution is 2.16. The Morgan fingerprint density at radius 1 is 1.19 bits per heavy atom. The number of pyridine rings is 1. The van der Waals surface area contributed by atoms with E-state index >= 15 is 0 Å². The van der Waals surface area contributed by atoms with Gasteiger partial charge >= 0.3 is 10.1 Å². The molecule has 1 aromatic carbocycles. The molecule has 0 amide bonds. The molecule has 0 radical (unpaired) electrons. The molecular formula is C11H11NO3S. The van der Waals surface area contributed by atoms with E-state index in [1.54, 1.807) is 19.1 Å². The van der Waals surface area contributed by atoms with Crippen LogP contribution in [0.3, 0.4) is 0 Å². The lowest BCUT2D eigenvalue weighted by atomic mass is 10.2. The Morgan fingerprint density at radius 2 is 1.94 bits per heavy atom. The lowest BCUT2D eigenvalue weighted by molar-refractivity contribution is 0.336. The molecule has 2 rings (SSSR count). The molecule has 1 heterocycles. The Kier molecular flexibility index (Phi) is 2.89. The SMILES string of the molecule is CCOS(=O)(=O)c1ccc2ccccc2n1. The minimum absolute atomic E-state index is 0.0481. The van der Waals surface area contributed by atoms with Gasteiger partial charge in [-0.05, 0) is 25.1 Å². The van der Waals surface area contributed by atoms with Gasteiger partial charge in [0, 0.05) is 5.39 Å². The fraction of sp³-hybridized carbons (Fsp3) is 0.182. The summed E-state index contributed by atoms with van der Waals surface area (Å²) in [5, 5.41) is 0.853. The predicted octanol–water partition coefficient (Wildman–Crippen LogP) is 1.96. The first-order valence-corrected chi connectivity index (χ1v) is 6.29. The summed E-state index contributed by atoms with van der Waals surface area (Å²) in [6.45, 7) is 1.73. The number of nitrogens with zero attached hydrogens (tertiary/aromatic N) is 1. The van der Waals surface area contributed by atoms with Crippen LogP contribution in [0.25, 0.3) is 10.9 Å². The number of hydrogen-bond acceptors (Lipinski definition) is 4. The van der Waals surface area contributed by atoms with Crippen LogP contribution in [0.5, 0.6) is 0 Å². The summed E-state index contributed by atoms with van der Waals surface area (Å²) in [7, 11) is -3.71. The molecule has 84 valence electrons. The number of fused-ring (bicyclic) bond motifs is 1. The smallest absolute Gasteiger partial charge is 0.265 e. The first-order chi connectivity index (χ1) is 7.63. The molecule has 0 spiro atoms. The van der Waals surface area contributed by atoms with Crippen molar-refractivity contribution in [3.05, 3.63) is 36.4 Å². The molecule has 1 aromatic heterocycles. The summed E-state index contributed by atoms with van der Waals surface area (Å²) >= 11 is 0. The van der Waals surface area contributed by atoms with E-state index in [9.17, 15) is 8.42 Å². The van der Waals surface area contributed by atoms with E-state index in [2.05, 4.69) is 9.17 Å². The second-order valence-corrected chi connectivity index (χ2v) is 4.77. The zero-order chi connectivity index (χ0) is 11.6. The molecule has 0 aliphatic rings. The fourth-order valence-electron chi connectivity index (χ4n) is 1.40. The van der Waals surface area contributed by atoms with Gasteiger partial charge in [0.15, 0.2) is 5.03 Å². The number of aromatic nitrogens is 1. The van der Waals surface area contributed by atoms with Crippen molar-refractivity contribution in [2.45, 2.75) is 11.9 Å². The normalized spacial score (nSPS) is 11.8. The van der Waals surface area contributed by atoms with E-state index in [1.807, 2.05) is 18.2 Å². The maximum absolute atomic E-state index is 11.6. The molecule has 4 nitrogen and oxygen atoms in total. The van der Waals surface area contributed by atoms with Gasteiger partial charge in [-0.15, -0.1) is 0 Å². The number of benzene rings is 1. The molecule has 0 unspecified atom stereocenters. The Hall–Kier alpha value is -1.46. The standard InChI is InChI=1S/C11H11NO3S/c1-2-15-16(13,14)11-8-7-9-5-3-4-6-10(9)12-11/h3-8H,2H2,1H3. The van der Waals surface area contributed by atoms with Crippen molar-refractivity contribution >= 4 is 21.0 Å². The van der Waals surface area contributed by atoms with Gasteiger partial charge in [0.05, 0.1) is 12.1 Å². The summed E-state index contributed by atoms with van der Waals surface area (Å²) in [6.07, 6.45) is 0. The summed E-state index contributed by atoms with van der Waals surface area (Å²) in [5.41, 5.74) is 0.642. The van der Waals surface area contributed by atoms with Gasteiger partial charge in [-0.25, -0.2) is 4.98 Å². The quantitative estimate of drug-likeness (QED) is 0.766. The van der Waals surface area contributed by atoms with Gasteiger partial charge in [-0.2, -0.15) is 8.42 Å². The van der Waals surface area contributed by atoms with E-state index in [0.717, 1.165) is 5.39 Å². The Morgan fingerprint density at radius 3 is 2.69 bits per heavy atom. The van der Waals surface area contributed by atoms with Crippen LogP contribution in [0.1, 0.15) is 6.92 Å². The van der Waals surface area contributed by atoms with Crippen molar-refractivity contribution in [2.75, 3.05) is 6.61 Å². The van der Waals surface area contributed by atoms with Crippen LogP contribution in [0.15, 0.2) is 41.4 Å². The van der Waals surface area contributed by atoms with Crippen molar-refractivity contribution in [3.63, 3.8) is 0 Å². The number of rotatable bonds is 3. The van der Waals surface area contributed by atoms with Gasteiger partial charge in [-0.1, -0.05) is 18.2 Å². The predicted molar refractivity (Wildman–Crippen MR) is 60.6 cm³/mol. The summed E-state index contributed by atoms with van der Waals surface area (Å²) in [4.78, 5) is 4.05. The first-order valence-electron chi connectivity index (χ1n) is 4.89. The molecule has 0 aliphatic heterocycles. The highest BCUT2D eigenvalue weighted by atomic mass is 32.2. The van der Waals surface area contributed by atoms with Gasteiger partial charge in [-0.3, -0.25) is 4.18 Å². The minimum atomic E-state index is -3.71. The van der Waals surface area contributed by atoms with Crippen LogP contribution >= 0.6 is 0 Å².